The molecular formula is C18H27N5S. The van der Waals surface area contributed by atoms with Crippen molar-refractivity contribution < 1.29 is 0 Å². The van der Waals surface area contributed by atoms with Gasteiger partial charge in [-0.2, -0.15) is 0 Å². The summed E-state index contributed by atoms with van der Waals surface area (Å²) in [4.78, 5) is 10.8. The van der Waals surface area contributed by atoms with Gasteiger partial charge < -0.3 is 15.5 Å². The largest absolute Gasteiger partial charge is 0.378 e. The van der Waals surface area contributed by atoms with Crippen molar-refractivity contribution in [2.45, 2.75) is 19.8 Å². The molecule has 0 atom stereocenters. The number of nitrogens with zero attached hydrogens (tertiary/aromatic N) is 3. The van der Waals surface area contributed by atoms with E-state index in [2.05, 4.69) is 69.3 Å². The van der Waals surface area contributed by atoms with Gasteiger partial charge in [0.2, 0.25) is 0 Å². The molecule has 1 aromatic carbocycles. The summed E-state index contributed by atoms with van der Waals surface area (Å²) in [6.45, 7) is 3.73. The SMILES string of the molecule is CN=C(NCCc1ccc(N(C)C)cc1)NCCc1csc(C)n1. The first kappa shape index (κ1) is 18.3. The molecule has 130 valence electrons. The minimum absolute atomic E-state index is 0.834. The van der Waals surface area contributed by atoms with Crippen LogP contribution in [-0.4, -0.2) is 45.2 Å². The van der Waals surface area contributed by atoms with Gasteiger partial charge in [0.1, 0.15) is 0 Å². The van der Waals surface area contributed by atoms with Gasteiger partial charge >= 0.3 is 0 Å². The number of thiazole rings is 1. The normalized spacial score (nSPS) is 11.4. The Morgan fingerprint density at radius 2 is 1.79 bits per heavy atom. The van der Waals surface area contributed by atoms with Crippen LogP contribution in [0.2, 0.25) is 0 Å². The van der Waals surface area contributed by atoms with E-state index >= 15 is 0 Å². The number of aliphatic imine (C=N–C) groups is 1. The van der Waals surface area contributed by atoms with Gasteiger partial charge in [-0.1, -0.05) is 12.1 Å². The molecule has 2 aromatic rings. The number of anilines is 1. The summed E-state index contributed by atoms with van der Waals surface area (Å²) < 4.78 is 0. The molecule has 0 bridgehead atoms. The van der Waals surface area contributed by atoms with E-state index < -0.39 is 0 Å². The number of guanidine groups is 1. The van der Waals surface area contributed by atoms with E-state index in [4.69, 9.17) is 0 Å². The molecule has 0 spiro atoms. The Morgan fingerprint density at radius 1 is 1.12 bits per heavy atom. The van der Waals surface area contributed by atoms with Crippen LogP contribution in [0, 0.1) is 6.92 Å². The summed E-state index contributed by atoms with van der Waals surface area (Å²) in [5, 5.41) is 9.93. The minimum atomic E-state index is 0.834. The third-order valence-electron chi connectivity index (χ3n) is 3.72. The van der Waals surface area contributed by atoms with Gasteiger partial charge in [-0.25, -0.2) is 4.98 Å². The topological polar surface area (TPSA) is 52.6 Å². The molecule has 0 saturated carbocycles. The number of nitrogens with one attached hydrogen (secondary N) is 2. The maximum atomic E-state index is 4.47. The number of aromatic nitrogens is 1. The third kappa shape index (κ3) is 5.85. The van der Waals surface area contributed by atoms with Crippen LogP contribution in [0.3, 0.4) is 0 Å². The molecule has 0 unspecified atom stereocenters. The predicted octanol–water partition coefficient (Wildman–Crippen LogP) is 2.47. The smallest absolute Gasteiger partial charge is 0.190 e. The van der Waals surface area contributed by atoms with Crippen molar-refractivity contribution in [2.24, 2.45) is 4.99 Å². The second-order valence-corrected chi connectivity index (χ2v) is 6.91. The monoisotopic (exact) mass is 345 g/mol. The molecule has 2 N–H and O–H groups in total. The molecule has 0 amide bonds. The highest BCUT2D eigenvalue weighted by Gasteiger charge is 2.01. The van der Waals surface area contributed by atoms with Crippen molar-refractivity contribution in [3.05, 3.63) is 45.9 Å². The maximum absolute atomic E-state index is 4.47. The zero-order chi connectivity index (χ0) is 17.4. The summed E-state index contributed by atoms with van der Waals surface area (Å²) in [7, 11) is 5.91. The Labute approximate surface area is 148 Å². The van der Waals surface area contributed by atoms with Crippen molar-refractivity contribution in [1.82, 2.24) is 15.6 Å². The first-order valence-electron chi connectivity index (χ1n) is 8.20. The molecule has 1 aromatic heterocycles. The van der Waals surface area contributed by atoms with Crippen LogP contribution in [-0.2, 0) is 12.8 Å². The second kappa shape index (κ2) is 9.27. The van der Waals surface area contributed by atoms with Crippen molar-refractivity contribution in [3.63, 3.8) is 0 Å². The lowest BCUT2D eigenvalue weighted by Crippen LogP contribution is -2.39. The van der Waals surface area contributed by atoms with Crippen molar-refractivity contribution in [1.29, 1.82) is 0 Å². The average Bonchev–Trinajstić information content (AvgIpc) is 2.99. The lowest BCUT2D eigenvalue weighted by atomic mass is 10.1. The molecule has 6 heteroatoms. The van der Waals surface area contributed by atoms with Gasteiger partial charge in [-0.15, -0.1) is 11.3 Å². The van der Waals surface area contributed by atoms with Crippen LogP contribution in [0.15, 0.2) is 34.6 Å². The van der Waals surface area contributed by atoms with Crippen molar-refractivity contribution in [2.75, 3.05) is 39.1 Å². The lowest BCUT2D eigenvalue weighted by molar-refractivity contribution is 0.777. The van der Waals surface area contributed by atoms with Gasteiger partial charge in [-0.05, 0) is 31.0 Å². The number of aryl methyl sites for hydroxylation is 1. The molecule has 0 fully saturated rings. The summed E-state index contributed by atoms with van der Waals surface area (Å²) in [6, 6.07) is 8.66. The van der Waals surface area contributed by atoms with Gasteiger partial charge in [0, 0.05) is 51.7 Å². The Balaban J connectivity index is 1.69. The van der Waals surface area contributed by atoms with E-state index in [1.54, 1.807) is 18.4 Å². The summed E-state index contributed by atoms with van der Waals surface area (Å²) in [5.41, 5.74) is 3.68. The first-order valence-corrected chi connectivity index (χ1v) is 9.08. The first-order chi connectivity index (χ1) is 11.6. The van der Waals surface area contributed by atoms with Crippen LogP contribution in [0.1, 0.15) is 16.3 Å². The Kier molecular flexibility index (Phi) is 7.06. The Hall–Kier alpha value is -2.08. The second-order valence-electron chi connectivity index (χ2n) is 5.84. The van der Waals surface area contributed by atoms with E-state index in [9.17, 15) is 0 Å². The predicted molar refractivity (Wildman–Crippen MR) is 104 cm³/mol. The highest BCUT2D eigenvalue weighted by molar-refractivity contribution is 7.09. The molecule has 0 aliphatic carbocycles. The molecule has 5 nitrogen and oxygen atoms in total. The molecular weight excluding hydrogens is 318 g/mol. The van der Waals surface area contributed by atoms with E-state index in [0.717, 1.165) is 42.6 Å². The van der Waals surface area contributed by atoms with E-state index in [0.29, 0.717) is 0 Å². The highest BCUT2D eigenvalue weighted by Crippen LogP contribution is 2.12. The fourth-order valence-corrected chi connectivity index (χ4v) is 2.99. The zero-order valence-electron chi connectivity index (χ0n) is 15.0. The van der Waals surface area contributed by atoms with Crippen LogP contribution >= 0.6 is 11.3 Å². The minimum Gasteiger partial charge on any atom is -0.378 e. The summed E-state index contributed by atoms with van der Waals surface area (Å²) in [6.07, 6.45) is 1.89. The molecule has 0 radical (unpaired) electrons. The number of benzene rings is 1. The quantitative estimate of drug-likeness (QED) is 0.598. The van der Waals surface area contributed by atoms with Crippen LogP contribution in [0.5, 0.6) is 0 Å². The standard InChI is InChI=1S/C18H27N5S/c1-14-22-16(13-24-14)10-12-21-18(19-2)20-11-9-15-5-7-17(8-6-15)23(3)4/h5-8,13H,9-12H2,1-4H3,(H2,19,20,21). The summed E-state index contributed by atoms with van der Waals surface area (Å²) in [5.74, 6) is 0.840. The molecule has 0 aliphatic heterocycles. The molecule has 0 saturated heterocycles. The third-order valence-corrected chi connectivity index (χ3v) is 4.54. The van der Waals surface area contributed by atoms with E-state index in [1.807, 2.05) is 6.92 Å². The van der Waals surface area contributed by atoms with Gasteiger partial charge in [0.15, 0.2) is 5.96 Å². The average molecular weight is 346 g/mol. The van der Waals surface area contributed by atoms with Crippen LogP contribution < -0.4 is 15.5 Å². The van der Waals surface area contributed by atoms with E-state index in [1.165, 1.54) is 11.3 Å². The molecule has 0 aliphatic rings. The Bertz CT molecular complexity index is 646. The van der Waals surface area contributed by atoms with Crippen molar-refractivity contribution in [3.8, 4) is 0 Å². The molecule has 24 heavy (non-hydrogen) atoms. The number of hydrogen-bond acceptors (Lipinski definition) is 4. The fraction of sp³-hybridized carbons (Fsp3) is 0.444. The van der Waals surface area contributed by atoms with Gasteiger partial charge in [0.25, 0.3) is 0 Å². The lowest BCUT2D eigenvalue weighted by Gasteiger charge is -2.13. The summed E-state index contributed by atoms with van der Waals surface area (Å²) >= 11 is 1.70. The van der Waals surface area contributed by atoms with Gasteiger partial charge in [-0.3, -0.25) is 4.99 Å². The van der Waals surface area contributed by atoms with Crippen LogP contribution in [0.25, 0.3) is 0 Å². The van der Waals surface area contributed by atoms with Crippen LogP contribution in [0.4, 0.5) is 5.69 Å². The molecule has 1 heterocycles. The number of hydrogen-bond donors (Lipinski definition) is 2. The Morgan fingerprint density at radius 3 is 2.33 bits per heavy atom. The van der Waals surface area contributed by atoms with Crippen molar-refractivity contribution >= 4 is 23.0 Å². The number of rotatable bonds is 7. The fourth-order valence-electron chi connectivity index (χ4n) is 2.34. The molecule has 2 rings (SSSR count). The van der Waals surface area contributed by atoms with Gasteiger partial charge in [0.05, 0.1) is 10.7 Å². The van der Waals surface area contributed by atoms with E-state index in [-0.39, 0.29) is 0 Å². The maximum Gasteiger partial charge on any atom is 0.190 e. The zero-order valence-corrected chi connectivity index (χ0v) is 15.8. The highest BCUT2D eigenvalue weighted by atomic mass is 32.1.